The van der Waals surface area contributed by atoms with Gasteiger partial charge in [0.25, 0.3) is 7.98 Å². The van der Waals surface area contributed by atoms with E-state index in [0.29, 0.717) is 5.49 Å². The van der Waals surface area contributed by atoms with Crippen molar-refractivity contribution in [3.63, 3.8) is 0 Å². The van der Waals surface area contributed by atoms with Gasteiger partial charge in [-0.1, -0.05) is 6.07 Å². The third-order valence-electron chi connectivity index (χ3n) is 1.19. The van der Waals surface area contributed by atoms with Gasteiger partial charge >= 0.3 is 0 Å². The van der Waals surface area contributed by atoms with Crippen LogP contribution >= 0.6 is 0 Å². The predicted octanol–water partition coefficient (Wildman–Crippen LogP) is 0.0180. The molecule has 0 atom stereocenters. The van der Waals surface area contributed by atoms with Gasteiger partial charge in [0.15, 0.2) is 0 Å². The number of hydrogen-bond acceptors (Lipinski definition) is 2. The average Bonchev–Trinajstić information content (AvgIpc) is 1.88. The maximum Gasteiger partial charge on any atom is 0.262 e. The van der Waals surface area contributed by atoms with Crippen molar-refractivity contribution in [3.05, 3.63) is 29.4 Å². The number of pyridine rings is 1. The maximum absolute atomic E-state index is 9.03. The van der Waals surface area contributed by atoms with E-state index in [9.17, 15) is 0 Å². The van der Waals surface area contributed by atoms with Crippen LogP contribution in [0.3, 0.4) is 0 Å². The van der Waals surface area contributed by atoms with Crippen molar-refractivity contribution < 1.29 is 5.21 Å². The Hall–Kier alpha value is -1.19. The summed E-state index contributed by atoms with van der Waals surface area (Å²) in [5.74, 6) is 0. The normalized spacial score (nSPS) is 11.9. The van der Waals surface area contributed by atoms with Crippen LogP contribution in [0.2, 0.25) is 0 Å². The van der Waals surface area contributed by atoms with E-state index in [0.717, 1.165) is 10.3 Å². The van der Waals surface area contributed by atoms with Crippen LogP contribution in [0.1, 0.15) is 5.56 Å². The van der Waals surface area contributed by atoms with Gasteiger partial charge in [-0.2, -0.15) is 4.73 Å². The molecule has 0 saturated heterocycles. The molecule has 0 bridgehead atoms. The molecular weight excluding hydrogens is 127 g/mol. The molecule has 3 nitrogen and oxygen atoms in total. The Kier molecular flexibility index (Phi) is 1.80. The summed E-state index contributed by atoms with van der Waals surface area (Å²) in [4.78, 5) is 3.32. The Morgan fingerprint density at radius 3 is 2.80 bits per heavy atom. The molecule has 0 unspecified atom stereocenters. The highest BCUT2D eigenvalue weighted by atomic mass is 16.5. The zero-order valence-electron chi connectivity index (χ0n) is 5.65. The number of aromatic nitrogens is 1. The first-order valence-electron chi connectivity index (χ1n) is 2.86. The third kappa shape index (κ3) is 1.21. The molecule has 0 fully saturated rings. The van der Waals surface area contributed by atoms with Crippen LogP contribution in [-0.4, -0.2) is 17.9 Å². The lowest BCUT2D eigenvalue weighted by Gasteiger charge is -1.97. The van der Waals surface area contributed by atoms with Crippen molar-refractivity contribution in [2.45, 2.75) is 6.92 Å². The van der Waals surface area contributed by atoms with Gasteiger partial charge in [0.2, 0.25) is 0 Å². The van der Waals surface area contributed by atoms with Crippen molar-refractivity contribution in [1.82, 2.24) is 4.73 Å². The number of hydrogen-bond donors (Lipinski definition) is 1. The van der Waals surface area contributed by atoms with Crippen LogP contribution < -0.4 is 5.49 Å². The molecule has 0 amide bonds. The van der Waals surface area contributed by atoms with Gasteiger partial charge in [-0.15, -0.1) is 0 Å². The molecule has 0 aromatic carbocycles. The van der Waals surface area contributed by atoms with Crippen molar-refractivity contribution >= 4 is 7.98 Å². The van der Waals surface area contributed by atoms with E-state index in [4.69, 9.17) is 13.2 Å². The molecule has 1 rings (SSSR count). The third-order valence-corrected chi connectivity index (χ3v) is 1.19. The number of rotatable bonds is 0. The fourth-order valence-corrected chi connectivity index (χ4v) is 0.687. The van der Waals surface area contributed by atoms with Gasteiger partial charge in [-0.05, 0) is 18.6 Å². The molecule has 0 spiro atoms. The SMILES string of the molecule is [B]N=c1ccc(C)cn1O. The van der Waals surface area contributed by atoms with E-state index in [-0.39, 0.29) is 0 Å². The zero-order valence-corrected chi connectivity index (χ0v) is 5.65. The Bertz CT molecular complexity index is 292. The molecule has 1 aromatic rings. The largest absolute Gasteiger partial charge is 0.427 e. The first-order valence-corrected chi connectivity index (χ1v) is 2.86. The summed E-state index contributed by atoms with van der Waals surface area (Å²) < 4.78 is 0.884. The molecule has 1 heterocycles. The summed E-state index contributed by atoms with van der Waals surface area (Å²) in [7, 11) is 4.94. The van der Waals surface area contributed by atoms with Gasteiger partial charge in [0.1, 0.15) is 5.49 Å². The van der Waals surface area contributed by atoms with Gasteiger partial charge < -0.3 is 10.1 Å². The monoisotopic (exact) mass is 134 g/mol. The van der Waals surface area contributed by atoms with E-state index in [1.165, 1.54) is 6.20 Å². The topological polar surface area (TPSA) is 37.5 Å². The quantitative estimate of drug-likeness (QED) is 0.394. The zero-order chi connectivity index (χ0) is 7.56. The Morgan fingerprint density at radius 2 is 2.30 bits per heavy atom. The molecule has 10 heavy (non-hydrogen) atoms. The van der Waals surface area contributed by atoms with E-state index < -0.39 is 0 Å². The molecule has 4 heteroatoms. The van der Waals surface area contributed by atoms with E-state index in [2.05, 4.69) is 4.90 Å². The van der Waals surface area contributed by atoms with Crippen LogP contribution in [0.15, 0.2) is 23.2 Å². The first-order chi connectivity index (χ1) is 4.74. The van der Waals surface area contributed by atoms with Gasteiger partial charge in [0.05, 0.1) is 0 Å². The molecule has 0 aliphatic carbocycles. The minimum absolute atomic E-state index is 0.339. The highest BCUT2D eigenvalue weighted by molar-refractivity contribution is 6.05. The van der Waals surface area contributed by atoms with E-state index in [1.54, 1.807) is 6.07 Å². The molecule has 0 saturated carbocycles. The molecular formula is C6H7BN2O. The predicted molar refractivity (Wildman–Crippen MR) is 37.7 cm³/mol. The van der Waals surface area contributed by atoms with Crippen molar-refractivity contribution in [1.29, 1.82) is 0 Å². The standard InChI is InChI=1S/C6H7BN2O/c1-5-2-3-6(8-7)9(10)4-5/h2-4,10H,1H3. The lowest BCUT2D eigenvalue weighted by atomic mass is 10.3. The Balaban J connectivity index is 3.34. The average molecular weight is 134 g/mol. The molecule has 2 radical (unpaired) electrons. The molecule has 0 aliphatic rings. The number of nitrogens with zero attached hydrogens (tertiary/aromatic N) is 2. The summed E-state index contributed by atoms with van der Waals surface area (Å²) >= 11 is 0. The fraction of sp³-hybridized carbons (Fsp3) is 0.167. The van der Waals surface area contributed by atoms with Crippen LogP contribution in [0.5, 0.6) is 0 Å². The van der Waals surface area contributed by atoms with Gasteiger partial charge in [-0.3, -0.25) is 0 Å². The van der Waals surface area contributed by atoms with Crippen LogP contribution in [-0.2, 0) is 0 Å². The minimum atomic E-state index is 0.339. The second kappa shape index (κ2) is 2.60. The van der Waals surface area contributed by atoms with Gasteiger partial charge in [0, 0.05) is 6.20 Å². The van der Waals surface area contributed by atoms with Crippen molar-refractivity contribution in [3.8, 4) is 0 Å². The summed E-state index contributed by atoms with van der Waals surface area (Å²) in [6.45, 7) is 1.87. The smallest absolute Gasteiger partial charge is 0.262 e. The summed E-state index contributed by atoms with van der Waals surface area (Å²) in [5.41, 5.74) is 1.29. The maximum atomic E-state index is 9.03. The lowest BCUT2D eigenvalue weighted by molar-refractivity contribution is 0.172. The summed E-state index contributed by atoms with van der Waals surface area (Å²) in [5, 5.41) is 9.03. The van der Waals surface area contributed by atoms with E-state index >= 15 is 0 Å². The Labute approximate surface area is 60.0 Å². The van der Waals surface area contributed by atoms with Crippen LogP contribution in [0, 0.1) is 6.92 Å². The fourth-order valence-electron chi connectivity index (χ4n) is 0.687. The second-order valence-electron chi connectivity index (χ2n) is 2.04. The summed E-state index contributed by atoms with van der Waals surface area (Å²) in [6.07, 6.45) is 1.53. The summed E-state index contributed by atoms with van der Waals surface area (Å²) in [6, 6.07) is 3.45. The van der Waals surface area contributed by atoms with Crippen LogP contribution in [0.4, 0.5) is 0 Å². The van der Waals surface area contributed by atoms with Crippen molar-refractivity contribution in [2.24, 2.45) is 4.90 Å². The number of aryl methyl sites for hydroxylation is 1. The lowest BCUT2D eigenvalue weighted by Crippen LogP contribution is -2.17. The second-order valence-corrected chi connectivity index (χ2v) is 2.04. The minimum Gasteiger partial charge on any atom is -0.427 e. The van der Waals surface area contributed by atoms with Gasteiger partial charge in [-0.25, -0.2) is 0 Å². The highest BCUT2D eigenvalue weighted by Crippen LogP contribution is 1.88. The van der Waals surface area contributed by atoms with Crippen molar-refractivity contribution in [2.75, 3.05) is 0 Å². The first kappa shape index (κ1) is 6.93. The molecule has 1 aromatic heterocycles. The molecule has 1 N–H and O–H groups in total. The highest BCUT2D eigenvalue weighted by Gasteiger charge is 1.86. The van der Waals surface area contributed by atoms with E-state index in [1.807, 2.05) is 13.0 Å². The molecule has 0 aliphatic heterocycles. The molecule has 50 valence electrons. The Morgan fingerprint density at radius 1 is 1.60 bits per heavy atom. The van der Waals surface area contributed by atoms with Crippen LogP contribution in [0.25, 0.3) is 0 Å².